The second kappa shape index (κ2) is 5.85. The lowest BCUT2D eigenvalue weighted by molar-refractivity contribution is 0.601. The van der Waals surface area contributed by atoms with Crippen LogP contribution in [0.15, 0.2) is 30.6 Å². The maximum absolute atomic E-state index is 4.09. The van der Waals surface area contributed by atoms with Crippen LogP contribution in [-0.4, -0.2) is 12.0 Å². The normalized spacial score (nSPS) is 16.1. The molecule has 2 aromatic rings. The van der Waals surface area contributed by atoms with Gasteiger partial charge in [-0.3, -0.25) is 4.98 Å². The number of hydrogen-bond acceptors (Lipinski definition) is 3. The Bertz CT molecular complexity index is 509. The topological polar surface area (TPSA) is 24.9 Å². The molecule has 0 aliphatic heterocycles. The molecule has 1 aliphatic rings. The van der Waals surface area contributed by atoms with Crippen molar-refractivity contribution in [1.82, 2.24) is 10.3 Å². The van der Waals surface area contributed by atoms with Crippen LogP contribution in [0.25, 0.3) is 0 Å². The molecule has 1 N–H and O–H groups in total. The monoisotopic (exact) mass is 272 g/mol. The standard InChI is InChI=1S/C16H20N2S/c1-17-14(10-12-6-8-18-9-7-12)16-11-13-4-2-3-5-15(13)19-16/h6-9,11,14,17H,2-5,10H2,1H3. The molecule has 0 radical (unpaired) electrons. The summed E-state index contributed by atoms with van der Waals surface area (Å²) in [7, 11) is 2.06. The van der Waals surface area contributed by atoms with Crippen LogP contribution < -0.4 is 5.32 Å². The van der Waals surface area contributed by atoms with Gasteiger partial charge in [0.1, 0.15) is 0 Å². The van der Waals surface area contributed by atoms with E-state index in [2.05, 4.69) is 35.5 Å². The molecule has 0 saturated carbocycles. The van der Waals surface area contributed by atoms with Crippen LogP contribution in [0, 0.1) is 0 Å². The van der Waals surface area contributed by atoms with E-state index in [0.29, 0.717) is 6.04 Å². The van der Waals surface area contributed by atoms with Crippen molar-refractivity contribution in [2.75, 3.05) is 7.05 Å². The van der Waals surface area contributed by atoms with Crippen LogP contribution in [0.4, 0.5) is 0 Å². The van der Waals surface area contributed by atoms with Gasteiger partial charge in [-0.2, -0.15) is 0 Å². The predicted octanol–water partition coefficient (Wildman–Crippen LogP) is 3.53. The summed E-state index contributed by atoms with van der Waals surface area (Å²) < 4.78 is 0. The van der Waals surface area contributed by atoms with Crippen LogP contribution in [0.5, 0.6) is 0 Å². The molecule has 0 bridgehead atoms. The Morgan fingerprint density at radius 1 is 1.26 bits per heavy atom. The number of rotatable bonds is 4. The minimum Gasteiger partial charge on any atom is -0.312 e. The first kappa shape index (κ1) is 12.8. The lowest BCUT2D eigenvalue weighted by Gasteiger charge is -2.14. The summed E-state index contributed by atoms with van der Waals surface area (Å²) in [6.07, 6.45) is 10.1. The maximum atomic E-state index is 4.09. The summed E-state index contributed by atoms with van der Waals surface area (Å²) in [6.45, 7) is 0. The van der Waals surface area contributed by atoms with Crippen LogP contribution in [0.1, 0.15) is 39.8 Å². The zero-order valence-electron chi connectivity index (χ0n) is 11.4. The number of aryl methyl sites for hydroxylation is 2. The highest BCUT2D eigenvalue weighted by Crippen LogP contribution is 2.33. The third-order valence-electron chi connectivity index (χ3n) is 3.90. The minimum atomic E-state index is 0.429. The highest BCUT2D eigenvalue weighted by molar-refractivity contribution is 7.12. The van der Waals surface area contributed by atoms with Gasteiger partial charge >= 0.3 is 0 Å². The van der Waals surface area contributed by atoms with Gasteiger partial charge in [-0.05, 0) is 68.5 Å². The van der Waals surface area contributed by atoms with Crippen molar-refractivity contribution >= 4 is 11.3 Å². The summed E-state index contributed by atoms with van der Waals surface area (Å²) in [5.74, 6) is 0. The summed E-state index contributed by atoms with van der Waals surface area (Å²) in [4.78, 5) is 7.20. The number of nitrogens with zero attached hydrogens (tertiary/aromatic N) is 1. The third-order valence-corrected chi connectivity index (χ3v) is 5.25. The molecule has 3 rings (SSSR count). The molecule has 19 heavy (non-hydrogen) atoms. The molecule has 1 aliphatic carbocycles. The largest absolute Gasteiger partial charge is 0.312 e. The molecule has 3 heteroatoms. The highest BCUT2D eigenvalue weighted by Gasteiger charge is 2.18. The molecule has 1 atom stereocenters. The molecule has 0 fully saturated rings. The Balaban J connectivity index is 1.80. The third kappa shape index (κ3) is 2.88. The number of likely N-dealkylation sites (N-methyl/N-ethyl adjacent to an activating group) is 1. The molecule has 0 saturated heterocycles. The highest BCUT2D eigenvalue weighted by atomic mass is 32.1. The van der Waals surface area contributed by atoms with E-state index < -0.39 is 0 Å². The van der Waals surface area contributed by atoms with Crippen molar-refractivity contribution < 1.29 is 0 Å². The summed E-state index contributed by atoms with van der Waals surface area (Å²) >= 11 is 2.01. The van der Waals surface area contributed by atoms with Gasteiger partial charge in [0.05, 0.1) is 0 Å². The second-order valence-electron chi connectivity index (χ2n) is 5.21. The van der Waals surface area contributed by atoms with Crippen LogP contribution in [0.2, 0.25) is 0 Å². The van der Waals surface area contributed by atoms with Crippen molar-refractivity contribution in [1.29, 1.82) is 0 Å². The SMILES string of the molecule is CNC(Cc1ccncc1)c1cc2c(s1)CCCC2. The molecule has 0 amide bonds. The molecule has 100 valence electrons. The average Bonchev–Trinajstić information content (AvgIpc) is 2.89. The number of pyridine rings is 1. The lowest BCUT2D eigenvalue weighted by Crippen LogP contribution is -2.17. The van der Waals surface area contributed by atoms with E-state index in [1.807, 2.05) is 23.7 Å². The molecule has 2 aromatic heterocycles. The number of aromatic nitrogens is 1. The Labute approximate surface area is 118 Å². The van der Waals surface area contributed by atoms with E-state index in [0.717, 1.165) is 6.42 Å². The molecular weight excluding hydrogens is 252 g/mol. The number of thiophene rings is 1. The van der Waals surface area contributed by atoms with E-state index in [-0.39, 0.29) is 0 Å². The first-order valence-electron chi connectivity index (χ1n) is 7.04. The fourth-order valence-electron chi connectivity index (χ4n) is 2.78. The summed E-state index contributed by atoms with van der Waals surface area (Å²) in [5, 5.41) is 3.47. The Morgan fingerprint density at radius 2 is 2.05 bits per heavy atom. The molecule has 1 unspecified atom stereocenters. The van der Waals surface area contributed by atoms with Crippen molar-refractivity contribution in [3.05, 3.63) is 51.5 Å². The zero-order chi connectivity index (χ0) is 13.1. The maximum Gasteiger partial charge on any atom is 0.0453 e. The fourth-order valence-corrected chi connectivity index (χ4v) is 4.15. The number of fused-ring (bicyclic) bond motifs is 1. The molecule has 0 spiro atoms. The molecular formula is C16H20N2S. The lowest BCUT2D eigenvalue weighted by atomic mass is 9.98. The molecule has 2 heterocycles. The predicted molar refractivity (Wildman–Crippen MR) is 80.7 cm³/mol. The summed E-state index contributed by atoms with van der Waals surface area (Å²) in [6, 6.07) is 7.08. The van der Waals surface area contributed by atoms with Crippen molar-refractivity contribution in [2.24, 2.45) is 0 Å². The van der Waals surface area contributed by atoms with Gasteiger partial charge in [-0.15, -0.1) is 11.3 Å². The van der Waals surface area contributed by atoms with Gasteiger partial charge in [0, 0.05) is 28.2 Å². The summed E-state index contributed by atoms with van der Waals surface area (Å²) in [5.41, 5.74) is 2.95. The average molecular weight is 272 g/mol. The van der Waals surface area contributed by atoms with E-state index in [1.165, 1.54) is 36.1 Å². The van der Waals surface area contributed by atoms with Crippen LogP contribution >= 0.6 is 11.3 Å². The smallest absolute Gasteiger partial charge is 0.0453 e. The quantitative estimate of drug-likeness (QED) is 0.921. The van der Waals surface area contributed by atoms with Gasteiger partial charge in [0.2, 0.25) is 0 Å². The number of nitrogens with one attached hydrogen (secondary N) is 1. The zero-order valence-corrected chi connectivity index (χ0v) is 12.2. The molecule has 2 nitrogen and oxygen atoms in total. The van der Waals surface area contributed by atoms with Gasteiger partial charge in [-0.1, -0.05) is 0 Å². The second-order valence-corrected chi connectivity index (χ2v) is 6.37. The Morgan fingerprint density at radius 3 is 2.79 bits per heavy atom. The van der Waals surface area contributed by atoms with Gasteiger partial charge in [0.15, 0.2) is 0 Å². The van der Waals surface area contributed by atoms with Gasteiger partial charge in [0.25, 0.3) is 0 Å². The van der Waals surface area contributed by atoms with Crippen molar-refractivity contribution in [3.63, 3.8) is 0 Å². The number of hydrogen-bond donors (Lipinski definition) is 1. The van der Waals surface area contributed by atoms with E-state index in [4.69, 9.17) is 0 Å². The van der Waals surface area contributed by atoms with Crippen molar-refractivity contribution in [3.8, 4) is 0 Å². The van der Waals surface area contributed by atoms with Crippen LogP contribution in [-0.2, 0) is 19.3 Å². The first-order chi connectivity index (χ1) is 9.36. The van der Waals surface area contributed by atoms with E-state index in [1.54, 1.807) is 10.4 Å². The van der Waals surface area contributed by atoms with E-state index >= 15 is 0 Å². The minimum absolute atomic E-state index is 0.429. The van der Waals surface area contributed by atoms with Crippen molar-refractivity contribution in [2.45, 2.75) is 38.1 Å². The Kier molecular flexibility index (Phi) is 3.95. The van der Waals surface area contributed by atoms with Crippen LogP contribution in [0.3, 0.4) is 0 Å². The fraction of sp³-hybridized carbons (Fsp3) is 0.438. The molecule has 0 aromatic carbocycles. The van der Waals surface area contributed by atoms with Gasteiger partial charge < -0.3 is 5.32 Å². The first-order valence-corrected chi connectivity index (χ1v) is 7.86. The Hall–Kier alpha value is -1.19. The van der Waals surface area contributed by atoms with E-state index in [9.17, 15) is 0 Å². The van der Waals surface area contributed by atoms with Gasteiger partial charge in [-0.25, -0.2) is 0 Å².